The van der Waals surface area contributed by atoms with Crippen LogP contribution in [0.15, 0.2) is 18.2 Å². The van der Waals surface area contributed by atoms with Crippen molar-refractivity contribution in [3.8, 4) is 0 Å². The molecule has 1 aromatic rings. The average Bonchev–Trinajstić information content (AvgIpc) is 2.39. The van der Waals surface area contributed by atoms with Gasteiger partial charge in [-0.25, -0.2) is 4.79 Å². The Hall–Kier alpha value is -1.71. The van der Waals surface area contributed by atoms with Crippen molar-refractivity contribution in [2.45, 2.75) is 33.1 Å². The van der Waals surface area contributed by atoms with E-state index in [0.717, 1.165) is 18.7 Å². The summed E-state index contributed by atoms with van der Waals surface area (Å²) in [6, 6.07) is 5.33. The van der Waals surface area contributed by atoms with E-state index in [1.807, 2.05) is 13.1 Å². The molecule has 0 unspecified atom stereocenters. The molecule has 0 aliphatic rings. The number of nitrogens with two attached hydrogens (primary N) is 1. The molecule has 0 atom stereocenters. The first-order valence-electron chi connectivity index (χ1n) is 6.87. The van der Waals surface area contributed by atoms with E-state index < -0.39 is 0 Å². The minimum absolute atomic E-state index is 0.325. The predicted molar refractivity (Wildman–Crippen MR) is 79.6 cm³/mol. The number of hydrogen-bond acceptors (Lipinski definition) is 4. The Kier molecular flexibility index (Phi) is 6.19. The van der Waals surface area contributed by atoms with Gasteiger partial charge in [0, 0.05) is 13.6 Å². The first-order chi connectivity index (χ1) is 9.10. The van der Waals surface area contributed by atoms with Gasteiger partial charge >= 0.3 is 5.97 Å². The number of carbonyl (C=O) groups excluding carboxylic acids is 1. The summed E-state index contributed by atoms with van der Waals surface area (Å²) in [5.74, 6) is -0.325. The van der Waals surface area contributed by atoms with Gasteiger partial charge in [0.05, 0.1) is 23.5 Å². The Morgan fingerprint density at radius 1 is 1.32 bits per heavy atom. The van der Waals surface area contributed by atoms with Crippen molar-refractivity contribution in [1.82, 2.24) is 0 Å². The molecule has 0 radical (unpaired) electrons. The van der Waals surface area contributed by atoms with Crippen LogP contribution in [0, 0.1) is 0 Å². The normalized spacial score (nSPS) is 10.3. The third kappa shape index (κ3) is 4.47. The summed E-state index contributed by atoms with van der Waals surface area (Å²) in [4.78, 5) is 13.7. The number of carbonyl (C=O) groups is 1. The van der Waals surface area contributed by atoms with Crippen LogP contribution in [0.2, 0.25) is 0 Å². The number of benzene rings is 1. The standard InChI is InChI=1S/C15H24N2O2/c1-4-6-7-10-17(3)14-9-8-12(11-13(14)16)15(18)19-5-2/h8-9,11H,4-7,10,16H2,1-3H3. The number of nitrogen functional groups attached to an aromatic ring is 1. The molecule has 0 fully saturated rings. The molecule has 0 aliphatic carbocycles. The van der Waals surface area contributed by atoms with E-state index in [-0.39, 0.29) is 5.97 Å². The molecule has 0 heterocycles. The maximum absolute atomic E-state index is 11.6. The van der Waals surface area contributed by atoms with E-state index in [4.69, 9.17) is 10.5 Å². The van der Waals surface area contributed by atoms with Crippen LogP contribution >= 0.6 is 0 Å². The molecule has 106 valence electrons. The average molecular weight is 264 g/mol. The van der Waals surface area contributed by atoms with E-state index in [9.17, 15) is 4.79 Å². The Bertz CT molecular complexity index is 419. The van der Waals surface area contributed by atoms with Crippen molar-refractivity contribution in [2.24, 2.45) is 0 Å². The lowest BCUT2D eigenvalue weighted by Gasteiger charge is -2.21. The number of nitrogens with zero attached hydrogens (tertiary/aromatic N) is 1. The largest absolute Gasteiger partial charge is 0.462 e. The van der Waals surface area contributed by atoms with Crippen LogP contribution in [0.1, 0.15) is 43.5 Å². The number of rotatable bonds is 7. The van der Waals surface area contributed by atoms with Crippen molar-refractivity contribution in [3.05, 3.63) is 23.8 Å². The highest BCUT2D eigenvalue weighted by Crippen LogP contribution is 2.24. The van der Waals surface area contributed by atoms with Gasteiger partial charge in [-0.2, -0.15) is 0 Å². The number of unbranched alkanes of at least 4 members (excludes halogenated alkanes) is 2. The summed E-state index contributed by atoms with van der Waals surface area (Å²) in [6.07, 6.45) is 3.56. The van der Waals surface area contributed by atoms with Gasteiger partial charge in [0.2, 0.25) is 0 Å². The Balaban J connectivity index is 2.73. The lowest BCUT2D eigenvalue weighted by atomic mass is 10.1. The molecule has 1 aromatic carbocycles. The Morgan fingerprint density at radius 2 is 2.05 bits per heavy atom. The first kappa shape index (κ1) is 15.3. The topological polar surface area (TPSA) is 55.6 Å². The molecule has 0 saturated carbocycles. The van der Waals surface area contributed by atoms with Gasteiger partial charge in [-0.3, -0.25) is 0 Å². The van der Waals surface area contributed by atoms with Crippen molar-refractivity contribution < 1.29 is 9.53 Å². The van der Waals surface area contributed by atoms with Gasteiger partial charge in [-0.05, 0) is 31.5 Å². The maximum atomic E-state index is 11.6. The number of esters is 1. The third-order valence-corrected chi connectivity index (χ3v) is 3.05. The number of anilines is 2. The third-order valence-electron chi connectivity index (χ3n) is 3.05. The van der Waals surface area contributed by atoms with Crippen molar-refractivity contribution in [1.29, 1.82) is 0 Å². The molecule has 0 aromatic heterocycles. The Labute approximate surface area is 115 Å². The zero-order chi connectivity index (χ0) is 14.3. The summed E-state index contributed by atoms with van der Waals surface area (Å²) < 4.78 is 4.95. The molecule has 0 spiro atoms. The molecule has 0 aliphatic heterocycles. The molecular weight excluding hydrogens is 240 g/mol. The molecular formula is C15H24N2O2. The maximum Gasteiger partial charge on any atom is 0.338 e. The fourth-order valence-corrected chi connectivity index (χ4v) is 1.96. The van der Waals surface area contributed by atoms with Crippen molar-refractivity contribution >= 4 is 17.3 Å². The van der Waals surface area contributed by atoms with Crippen LogP contribution in [-0.2, 0) is 4.74 Å². The monoisotopic (exact) mass is 264 g/mol. The lowest BCUT2D eigenvalue weighted by molar-refractivity contribution is 0.0526. The highest BCUT2D eigenvalue weighted by Gasteiger charge is 2.11. The quantitative estimate of drug-likeness (QED) is 0.467. The van der Waals surface area contributed by atoms with Gasteiger partial charge in [0.1, 0.15) is 0 Å². The van der Waals surface area contributed by atoms with E-state index in [1.165, 1.54) is 12.8 Å². The van der Waals surface area contributed by atoms with E-state index in [2.05, 4.69) is 11.8 Å². The molecule has 0 saturated heterocycles. The van der Waals surface area contributed by atoms with E-state index >= 15 is 0 Å². The minimum Gasteiger partial charge on any atom is -0.462 e. The fraction of sp³-hybridized carbons (Fsp3) is 0.533. The van der Waals surface area contributed by atoms with Crippen LogP contribution in [0.5, 0.6) is 0 Å². The van der Waals surface area contributed by atoms with E-state index in [1.54, 1.807) is 19.1 Å². The van der Waals surface area contributed by atoms with Gasteiger partial charge in [-0.1, -0.05) is 19.8 Å². The molecule has 2 N–H and O–H groups in total. The summed E-state index contributed by atoms with van der Waals surface area (Å²) in [5.41, 5.74) is 8.09. The fourth-order valence-electron chi connectivity index (χ4n) is 1.96. The van der Waals surface area contributed by atoms with Crippen molar-refractivity contribution in [3.63, 3.8) is 0 Å². The second-order valence-corrected chi connectivity index (χ2v) is 4.62. The molecule has 4 nitrogen and oxygen atoms in total. The highest BCUT2D eigenvalue weighted by atomic mass is 16.5. The van der Waals surface area contributed by atoms with Crippen LogP contribution in [0.3, 0.4) is 0 Å². The smallest absolute Gasteiger partial charge is 0.338 e. The molecule has 0 amide bonds. The second kappa shape index (κ2) is 7.67. The summed E-state index contributed by atoms with van der Waals surface area (Å²) in [6.45, 7) is 5.31. The van der Waals surface area contributed by atoms with Gasteiger partial charge in [-0.15, -0.1) is 0 Å². The molecule has 19 heavy (non-hydrogen) atoms. The summed E-state index contributed by atoms with van der Waals surface area (Å²) >= 11 is 0. The zero-order valence-corrected chi connectivity index (χ0v) is 12.1. The molecule has 1 rings (SSSR count). The van der Waals surface area contributed by atoms with Crippen molar-refractivity contribution in [2.75, 3.05) is 30.8 Å². The lowest BCUT2D eigenvalue weighted by Crippen LogP contribution is -2.20. The number of hydrogen-bond donors (Lipinski definition) is 1. The highest BCUT2D eigenvalue weighted by molar-refractivity contribution is 5.92. The van der Waals surface area contributed by atoms with Crippen LogP contribution < -0.4 is 10.6 Å². The van der Waals surface area contributed by atoms with E-state index in [0.29, 0.717) is 17.9 Å². The van der Waals surface area contributed by atoms with Gasteiger partial charge in [0.25, 0.3) is 0 Å². The zero-order valence-electron chi connectivity index (χ0n) is 12.1. The van der Waals surface area contributed by atoms with Crippen LogP contribution in [-0.4, -0.2) is 26.2 Å². The number of ether oxygens (including phenoxy) is 1. The second-order valence-electron chi connectivity index (χ2n) is 4.62. The SMILES string of the molecule is CCCCCN(C)c1ccc(C(=O)OCC)cc1N. The first-order valence-corrected chi connectivity index (χ1v) is 6.87. The van der Waals surface area contributed by atoms with Crippen LogP contribution in [0.4, 0.5) is 11.4 Å². The Morgan fingerprint density at radius 3 is 2.63 bits per heavy atom. The van der Waals surface area contributed by atoms with Gasteiger partial charge in [0.15, 0.2) is 0 Å². The summed E-state index contributed by atoms with van der Waals surface area (Å²) in [5, 5.41) is 0. The molecule has 0 bridgehead atoms. The summed E-state index contributed by atoms with van der Waals surface area (Å²) in [7, 11) is 2.02. The molecule has 4 heteroatoms. The van der Waals surface area contributed by atoms with Crippen LogP contribution in [0.25, 0.3) is 0 Å². The van der Waals surface area contributed by atoms with Gasteiger partial charge < -0.3 is 15.4 Å². The predicted octanol–water partition coefficient (Wildman–Crippen LogP) is 3.07. The minimum atomic E-state index is -0.325.